The minimum absolute atomic E-state index is 0.0350. The van der Waals surface area contributed by atoms with E-state index in [1.165, 1.54) is 18.0 Å². The van der Waals surface area contributed by atoms with E-state index in [4.69, 9.17) is 23.2 Å². The Morgan fingerprint density at radius 2 is 2.22 bits per heavy atom. The lowest BCUT2D eigenvalue weighted by Crippen LogP contribution is -2.32. The van der Waals surface area contributed by atoms with Gasteiger partial charge in [0.2, 0.25) is 5.91 Å². The van der Waals surface area contributed by atoms with Crippen LogP contribution in [0.2, 0.25) is 10.0 Å². The number of amidine groups is 1. The fourth-order valence-electron chi connectivity index (χ4n) is 1.26. The van der Waals surface area contributed by atoms with Crippen molar-refractivity contribution in [3.8, 4) is 0 Å². The Balaban J connectivity index is 2.06. The van der Waals surface area contributed by atoms with Crippen molar-refractivity contribution in [1.82, 2.24) is 5.32 Å². The van der Waals surface area contributed by atoms with E-state index >= 15 is 0 Å². The van der Waals surface area contributed by atoms with E-state index in [9.17, 15) is 4.79 Å². The number of nitrogens with one attached hydrogen (secondary N) is 1. The van der Waals surface area contributed by atoms with Gasteiger partial charge in [-0.3, -0.25) is 4.79 Å². The normalized spacial score (nSPS) is 18.3. The minimum atomic E-state index is -0.0350. The summed E-state index contributed by atoms with van der Waals surface area (Å²) in [6.07, 6.45) is 2.03. The van der Waals surface area contributed by atoms with Gasteiger partial charge >= 0.3 is 0 Å². The SMILES string of the molecule is O=C1CCS/C(=N/N=Cc2ccc(Cl)cc2Cl)N1. The molecule has 7 heteroatoms. The lowest BCUT2D eigenvalue weighted by Gasteiger charge is -2.11. The van der Waals surface area contributed by atoms with E-state index in [0.29, 0.717) is 21.6 Å². The predicted molar refractivity (Wildman–Crippen MR) is 76.7 cm³/mol. The Kier molecular flexibility index (Phi) is 4.63. The van der Waals surface area contributed by atoms with Gasteiger partial charge in [-0.2, -0.15) is 5.10 Å². The molecule has 0 atom stereocenters. The smallest absolute Gasteiger partial charge is 0.226 e. The molecule has 0 saturated carbocycles. The Bertz CT molecular complexity index is 531. The van der Waals surface area contributed by atoms with Crippen LogP contribution in [0.25, 0.3) is 0 Å². The lowest BCUT2D eigenvalue weighted by atomic mass is 10.2. The number of amides is 1. The van der Waals surface area contributed by atoms with Crippen LogP contribution in [0, 0.1) is 0 Å². The fourth-order valence-corrected chi connectivity index (χ4v) is 2.49. The van der Waals surface area contributed by atoms with E-state index in [0.717, 1.165) is 11.3 Å². The molecule has 18 heavy (non-hydrogen) atoms. The summed E-state index contributed by atoms with van der Waals surface area (Å²) in [7, 11) is 0. The molecule has 1 aliphatic rings. The molecule has 4 nitrogen and oxygen atoms in total. The maximum absolute atomic E-state index is 11.1. The van der Waals surface area contributed by atoms with E-state index < -0.39 is 0 Å². The van der Waals surface area contributed by atoms with Crippen molar-refractivity contribution in [3.63, 3.8) is 0 Å². The zero-order valence-corrected chi connectivity index (χ0v) is 11.5. The van der Waals surface area contributed by atoms with Crippen LogP contribution in [-0.4, -0.2) is 23.0 Å². The monoisotopic (exact) mass is 301 g/mol. The Labute approximate surface area is 118 Å². The van der Waals surface area contributed by atoms with Crippen molar-refractivity contribution in [2.24, 2.45) is 10.2 Å². The first-order valence-corrected chi connectivity index (χ1v) is 6.88. The van der Waals surface area contributed by atoms with Gasteiger partial charge in [0, 0.05) is 22.8 Å². The van der Waals surface area contributed by atoms with Gasteiger partial charge in [-0.1, -0.05) is 41.0 Å². The zero-order chi connectivity index (χ0) is 13.0. The zero-order valence-electron chi connectivity index (χ0n) is 9.19. The first-order chi connectivity index (χ1) is 8.65. The first-order valence-electron chi connectivity index (χ1n) is 5.14. The summed E-state index contributed by atoms with van der Waals surface area (Å²) in [5.74, 6) is 0.689. The van der Waals surface area contributed by atoms with Crippen LogP contribution in [0.4, 0.5) is 0 Å². The number of nitrogens with zero attached hydrogens (tertiary/aromatic N) is 2. The van der Waals surface area contributed by atoms with Gasteiger partial charge in [0.1, 0.15) is 0 Å². The number of carbonyl (C=O) groups excluding carboxylic acids is 1. The minimum Gasteiger partial charge on any atom is -0.304 e. The number of hydrogen-bond donors (Lipinski definition) is 1. The van der Waals surface area contributed by atoms with Crippen LogP contribution in [0.1, 0.15) is 12.0 Å². The maximum atomic E-state index is 11.1. The molecule has 94 valence electrons. The standard InChI is InChI=1S/C11H9Cl2N3OS/c12-8-2-1-7(9(13)5-8)6-14-16-11-15-10(17)3-4-18-11/h1-2,5-6H,3-4H2,(H,15,16,17). The fraction of sp³-hybridized carbons (Fsp3) is 0.182. The summed E-state index contributed by atoms with van der Waals surface area (Å²) in [6.45, 7) is 0. The van der Waals surface area contributed by atoms with Gasteiger partial charge in [0.15, 0.2) is 5.17 Å². The third-order valence-electron chi connectivity index (χ3n) is 2.12. The average Bonchev–Trinajstić information content (AvgIpc) is 2.32. The van der Waals surface area contributed by atoms with Crippen LogP contribution >= 0.6 is 35.0 Å². The van der Waals surface area contributed by atoms with Crippen LogP contribution in [0.15, 0.2) is 28.4 Å². The number of benzene rings is 1. The molecule has 1 heterocycles. The molecule has 0 radical (unpaired) electrons. The van der Waals surface area contributed by atoms with Crippen molar-refractivity contribution < 1.29 is 4.79 Å². The second kappa shape index (κ2) is 6.22. The van der Waals surface area contributed by atoms with Crippen LogP contribution in [-0.2, 0) is 4.79 Å². The highest BCUT2D eigenvalue weighted by Crippen LogP contribution is 2.19. The van der Waals surface area contributed by atoms with E-state index in [-0.39, 0.29) is 5.91 Å². The molecule has 1 aromatic rings. The molecule has 0 unspecified atom stereocenters. The molecular weight excluding hydrogens is 293 g/mol. The van der Waals surface area contributed by atoms with Gasteiger partial charge in [-0.05, 0) is 12.1 Å². The van der Waals surface area contributed by atoms with E-state index in [1.807, 2.05) is 0 Å². The predicted octanol–water partition coefficient (Wildman–Crippen LogP) is 2.94. The number of carbonyl (C=O) groups is 1. The number of hydrogen-bond acceptors (Lipinski definition) is 4. The summed E-state index contributed by atoms with van der Waals surface area (Å²) < 4.78 is 0. The van der Waals surface area contributed by atoms with E-state index in [2.05, 4.69) is 15.5 Å². The summed E-state index contributed by atoms with van der Waals surface area (Å²) >= 11 is 13.2. The van der Waals surface area contributed by atoms with Crippen molar-refractivity contribution in [2.45, 2.75) is 6.42 Å². The second-order valence-corrected chi connectivity index (χ2v) is 5.39. The Morgan fingerprint density at radius 3 is 2.94 bits per heavy atom. The van der Waals surface area contributed by atoms with Crippen LogP contribution < -0.4 is 5.32 Å². The van der Waals surface area contributed by atoms with Crippen molar-refractivity contribution in [3.05, 3.63) is 33.8 Å². The molecule has 0 aromatic heterocycles. The molecule has 1 saturated heterocycles. The summed E-state index contributed by atoms with van der Waals surface area (Å²) in [5, 5.41) is 12.0. The highest BCUT2D eigenvalue weighted by atomic mass is 35.5. The highest BCUT2D eigenvalue weighted by molar-refractivity contribution is 8.14. The van der Waals surface area contributed by atoms with Crippen molar-refractivity contribution in [2.75, 3.05) is 5.75 Å². The van der Waals surface area contributed by atoms with Crippen LogP contribution in [0.5, 0.6) is 0 Å². The van der Waals surface area contributed by atoms with Crippen LogP contribution in [0.3, 0.4) is 0 Å². The summed E-state index contributed by atoms with van der Waals surface area (Å²) in [4.78, 5) is 11.1. The largest absolute Gasteiger partial charge is 0.304 e. The lowest BCUT2D eigenvalue weighted by molar-refractivity contribution is -0.119. The molecular formula is C11H9Cl2N3OS. The molecule has 1 aromatic carbocycles. The van der Waals surface area contributed by atoms with E-state index in [1.54, 1.807) is 18.2 Å². The molecule has 2 rings (SSSR count). The Morgan fingerprint density at radius 1 is 1.39 bits per heavy atom. The van der Waals surface area contributed by atoms with Gasteiger partial charge in [0.05, 0.1) is 11.2 Å². The first kappa shape index (κ1) is 13.4. The second-order valence-electron chi connectivity index (χ2n) is 3.46. The topological polar surface area (TPSA) is 53.8 Å². The molecule has 1 aliphatic heterocycles. The Hall–Kier alpha value is -1.04. The maximum Gasteiger partial charge on any atom is 0.226 e. The average molecular weight is 302 g/mol. The molecule has 0 aliphatic carbocycles. The highest BCUT2D eigenvalue weighted by Gasteiger charge is 2.13. The summed E-state index contributed by atoms with van der Waals surface area (Å²) in [5.41, 5.74) is 0.720. The molecule has 0 spiro atoms. The number of rotatable bonds is 2. The third kappa shape index (κ3) is 3.73. The van der Waals surface area contributed by atoms with Crippen molar-refractivity contribution in [1.29, 1.82) is 0 Å². The molecule has 1 N–H and O–H groups in total. The number of halogens is 2. The van der Waals surface area contributed by atoms with Gasteiger partial charge in [0.25, 0.3) is 0 Å². The number of thioether (sulfide) groups is 1. The third-order valence-corrected chi connectivity index (χ3v) is 3.55. The quantitative estimate of drug-likeness (QED) is 0.674. The van der Waals surface area contributed by atoms with Crippen molar-refractivity contribution >= 4 is 52.3 Å². The van der Waals surface area contributed by atoms with Gasteiger partial charge in [-0.15, -0.1) is 5.10 Å². The molecule has 1 amide bonds. The summed E-state index contributed by atoms with van der Waals surface area (Å²) in [6, 6.07) is 5.11. The van der Waals surface area contributed by atoms with Gasteiger partial charge in [-0.25, -0.2) is 0 Å². The van der Waals surface area contributed by atoms with Gasteiger partial charge < -0.3 is 5.32 Å². The molecule has 1 fully saturated rings. The molecule has 0 bridgehead atoms.